The summed E-state index contributed by atoms with van der Waals surface area (Å²) in [6.07, 6.45) is -0.243. The molecule has 2 amide bonds. The van der Waals surface area contributed by atoms with E-state index < -0.39 is 15.7 Å². The van der Waals surface area contributed by atoms with Crippen molar-refractivity contribution < 1.29 is 22.7 Å². The van der Waals surface area contributed by atoms with Crippen LogP contribution in [-0.4, -0.2) is 38.3 Å². The SMILES string of the molecule is COc1ccc(Cl)cc1NC(=O)CCS(=O)(=O)c1ccc2c(c1)NC(=O)C(C)S2. The second-order valence-corrected chi connectivity index (χ2v) is 10.3. The molecule has 1 atom stereocenters. The van der Waals surface area contributed by atoms with Crippen molar-refractivity contribution in [1.29, 1.82) is 0 Å². The zero-order valence-electron chi connectivity index (χ0n) is 15.7. The number of fused-ring (bicyclic) bond motifs is 1. The number of carbonyl (C=O) groups excluding carboxylic acids is 2. The molecule has 1 aliphatic heterocycles. The lowest BCUT2D eigenvalue weighted by Crippen LogP contribution is -2.26. The number of nitrogens with one attached hydrogen (secondary N) is 2. The first-order chi connectivity index (χ1) is 13.7. The van der Waals surface area contributed by atoms with Crippen molar-refractivity contribution in [3.63, 3.8) is 0 Å². The molecule has 0 spiro atoms. The van der Waals surface area contributed by atoms with Crippen LogP contribution in [0.2, 0.25) is 5.02 Å². The normalized spacial score (nSPS) is 16.0. The number of halogens is 1. The summed E-state index contributed by atoms with van der Waals surface area (Å²) in [7, 11) is -2.26. The van der Waals surface area contributed by atoms with Crippen molar-refractivity contribution >= 4 is 56.4 Å². The van der Waals surface area contributed by atoms with Crippen molar-refractivity contribution in [2.24, 2.45) is 0 Å². The number of hydrogen-bond acceptors (Lipinski definition) is 6. The standard InChI is InChI=1S/C19H19ClN2O5S2/c1-11-19(24)22-15-10-13(4-6-17(15)28-11)29(25,26)8-7-18(23)21-14-9-12(20)3-5-16(14)27-2/h3-6,9-11H,7-8H2,1-2H3,(H,21,23)(H,22,24). The summed E-state index contributed by atoms with van der Waals surface area (Å²) >= 11 is 7.30. The molecular weight excluding hydrogens is 436 g/mol. The van der Waals surface area contributed by atoms with Crippen LogP contribution in [0.4, 0.5) is 11.4 Å². The Balaban J connectivity index is 1.69. The maximum atomic E-state index is 12.7. The van der Waals surface area contributed by atoms with E-state index in [4.69, 9.17) is 16.3 Å². The van der Waals surface area contributed by atoms with Gasteiger partial charge in [-0.15, -0.1) is 11.8 Å². The Morgan fingerprint density at radius 2 is 2.03 bits per heavy atom. The molecule has 1 unspecified atom stereocenters. The third-order valence-electron chi connectivity index (χ3n) is 4.27. The fourth-order valence-corrected chi connectivity index (χ4v) is 5.08. The number of sulfone groups is 1. The van der Waals surface area contributed by atoms with Gasteiger partial charge in [0.15, 0.2) is 9.84 Å². The van der Waals surface area contributed by atoms with Crippen molar-refractivity contribution in [1.82, 2.24) is 0 Å². The summed E-state index contributed by atoms with van der Waals surface area (Å²) in [5, 5.41) is 5.50. The molecule has 0 aliphatic carbocycles. The molecule has 2 N–H and O–H groups in total. The highest BCUT2D eigenvalue weighted by Gasteiger charge is 2.25. The number of thioether (sulfide) groups is 1. The Bertz CT molecular complexity index is 1070. The van der Waals surface area contributed by atoms with E-state index in [-0.39, 0.29) is 28.2 Å². The Morgan fingerprint density at radius 3 is 2.76 bits per heavy atom. The Kier molecular flexibility index (Phi) is 6.40. The van der Waals surface area contributed by atoms with Gasteiger partial charge in [0.05, 0.1) is 34.4 Å². The fraction of sp³-hybridized carbons (Fsp3) is 0.263. The summed E-state index contributed by atoms with van der Waals surface area (Å²) < 4.78 is 30.5. The molecule has 29 heavy (non-hydrogen) atoms. The molecule has 154 valence electrons. The molecule has 10 heteroatoms. The monoisotopic (exact) mass is 454 g/mol. The number of benzene rings is 2. The number of anilines is 2. The van der Waals surface area contributed by atoms with Gasteiger partial charge in [0.2, 0.25) is 11.8 Å². The van der Waals surface area contributed by atoms with Gasteiger partial charge in [-0.1, -0.05) is 11.6 Å². The first-order valence-electron chi connectivity index (χ1n) is 8.67. The van der Waals surface area contributed by atoms with Gasteiger partial charge in [0.1, 0.15) is 5.75 Å². The molecule has 2 aromatic rings. The summed E-state index contributed by atoms with van der Waals surface area (Å²) in [6.45, 7) is 1.78. The summed E-state index contributed by atoms with van der Waals surface area (Å²) in [5.74, 6) is -0.614. The predicted molar refractivity (Wildman–Crippen MR) is 114 cm³/mol. The third kappa shape index (κ3) is 5.04. The van der Waals surface area contributed by atoms with Crippen LogP contribution in [0.5, 0.6) is 5.75 Å². The minimum absolute atomic E-state index is 0.0554. The Hall–Kier alpha value is -2.23. The highest BCUT2D eigenvalue weighted by molar-refractivity contribution is 8.01. The lowest BCUT2D eigenvalue weighted by atomic mass is 10.3. The largest absolute Gasteiger partial charge is 0.495 e. The van der Waals surface area contributed by atoms with E-state index in [0.717, 1.165) is 4.90 Å². The third-order valence-corrected chi connectivity index (χ3v) is 7.40. The molecule has 1 aliphatic rings. The molecule has 1 heterocycles. The number of ether oxygens (including phenoxy) is 1. The maximum absolute atomic E-state index is 12.7. The van der Waals surface area contributed by atoms with E-state index in [9.17, 15) is 18.0 Å². The average molecular weight is 455 g/mol. The van der Waals surface area contributed by atoms with Gasteiger partial charge in [-0.05, 0) is 43.3 Å². The van der Waals surface area contributed by atoms with Crippen molar-refractivity contribution in [2.75, 3.05) is 23.5 Å². The molecule has 0 fully saturated rings. The number of methoxy groups -OCH3 is 1. The van der Waals surface area contributed by atoms with Gasteiger partial charge in [0.25, 0.3) is 0 Å². The van der Waals surface area contributed by atoms with Gasteiger partial charge in [-0.3, -0.25) is 9.59 Å². The molecule has 7 nitrogen and oxygen atoms in total. The first kappa shape index (κ1) is 21.5. The smallest absolute Gasteiger partial charge is 0.237 e. The van der Waals surface area contributed by atoms with Gasteiger partial charge in [-0.25, -0.2) is 8.42 Å². The van der Waals surface area contributed by atoms with Crippen LogP contribution >= 0.6 is 23.4 Å². The fourth-order valence-electron chi connectivity index (χ4n) is 2.72. The van der Waals surface area contributed by atoms with Gasteiger partial charge in [0, 0.05) is 16.3 Å². The minimum Gasteiger partial charge on any atom is -0.495 e. The lowest BCUT2D eigenvalue weighted by molar-refractivity contribution is -0.116. The van der Waals surface area contributed by atoms with E-state index >= 15 is 0 Å². The van der Waals surface area contributed by atoms with E-state index in [1.807, 2.05) is 0 Å². The summed E-state index contributed by atoms with van der Waals surface area (Å²) in [6, 6.07) is 9.34. The second kappa shape index (κ2) is 8.64. The molecule has 0 saturated carbocycles. The zero-order chi connectivity index (χ0) is 21.2. The van der Waals surface area contributed by atoms with Crippen molar-refractivity contribution in [3.05, 3.63) is 41.4 Å². The van der Waals surface area contributed by atoms with Gasteiger partial charge >= 0.3 is 0 Å². The van der Waals surface area contributed by atoms with E-state index in [1.165, 1.54) is 37.1 Å². The molecule has 0 radical (unpaired) electrons. The van der Waals surface area contributed by atoms with Gasteiger partial charge in [-0.2, -0.15) is 0 Å². The van der Waals surface area contributed by atoms with Crippen LogP contribution in [0.15, 0.2) is 46.2 Å². The molecule has 3 rings (SSSR count). The highest BCUT2D eigenvalue weighted by atomic mass is 35.5. The van der Waals surface area contributed by atoms with Crippen molar-refractivity contribution in [2.45, 2.75) is 28.4 Å². The number of rotatable bonds is 6. The summed E-state index contributed by atoms with van der Waals surface area (Å²) in [5.41, 5.74) is 0.831. The quantitative estimate of drug-likeness (QED) is 0.691. The molecular formula is C19H19ClN2O5S2. The van der Waals surface area contributed by atoms with Crippen LogP contribution in [0.3, 0.4) is 0 Å². The van der Waals surface area contributed by atoms with Crippen LogP contribution in [0.1, 0.15) is 13.3 Å². The first-order valence-corrected chi connectivity index (χ1v) is 11.6. The van der Waals surface area contributed by atoms with Crippen LogP contribution in [0.25, 0.3) is 0 Å². The molecule has 0 bridgehead atoms. The predicted octanol–water partition coefficient (Wildman–Crippen LogP) is 3.58. The number of amides is 2. The van der Waals surface area contributed by atoms with Crippen molar-refractivity contribution in [3.8, 4) is 5.75 Å². The Morgan fingerprint density at radius 1 is 1.28 bits per heavy atom. The maximum Gasteiger partial charge on any atom is 0.237 e. The summed E-state index contributed by atoms with van der Waals surface area (Å²) in [4.78, 5) is 24.9. The topological polar surface area (TPSA) is 102 Å². The highest BCUT2D eigenvalue weighted by Crippen LogP contribution is 2.37. The van der Waals surface area contributed by atoms with Crippen LogP contribution < -0.4 is 15.4 Å². The van der Waals surface area contributed by atoms with Crippen LogP contribution in [0, 0.1) is 0 Å². The zero-order valence-corrected chi connectivity index (χ0v) is 18.1. The van der Waals surface area contributed by atoms with E-state index in [1.54, 1.807) is 25.1 Å². The Labute approximate surface area is 178 Å². The average Bonchev–Trinajstić information content (AvgIpc) is 2.67. The minimum atomic E-state index is -3.71. The van der Waals surface area contributed by atoms with E-state index in [2.05, 4.69) is 10.6 Å². The van der Waals surface area contributed by atoms with E-state index in [0.29, 0.717) is 22.1 Å². The molecule has 0 aromatic heterocycles. The number of carbonyl (C=O) groups is 2. The lowest BCUT2D eigenvalue weighted by Gasteiger charge is -2.21. The molecule has 2 aromatic carbocycles. The number of hydrogen-bond donors (Lipinski definition) is 2. The molecule has 0 saturated heterocycles. The van der Waals surface area contributed by atoms with Crippen LogP contribution in [-0.2, 0) is 19.4 Å². The van der Waals surface area contributed by atoms with Gasteiger partial charge < -0.3 is 15.4 Å². The second-order valence-electron chi connectivity index (χ2n) is 6.37.